The molecule has 0 atom stereocenters. The number of rotatable bonds is 4. The zero-order chi connectivity index (χ0) is 22.4. The third kappa shape index (κ3) is 3.31. The topological polar surface area (TPSA) is 112 Å². The Morgan fingerprint density at radius 3 is 2.75 bits per heavy atom. The minimum Gasteiger partial charge on any atom is -0.382 e. The van der Waals surface area contributed by atoms with Crippen LogP contribution in [0.15, 0.2) is 47.6 Å². The molecule has 4 aromatic rings. The highest BCUT2D eigenvalue weighted by Gasteiger charge is 2.27. The highest BCUT2D eigenvalue weighted by molar-refractivity contribution is 6.42. The van der Waals surface area contributed by atoms with Gasteiger partial charge in [0.2, 0.25) is 0 Å². The van der Waals surface area contributed by atoms with Crippen LogP contribution in [0.5, 0.6) is 0 Å². The summed E-state index contributed by atoms with van der Waals surface area (Å²) >= 11 is 0. The monoisotopic (exact) mass is 429 g/mol. The molecule has 160 valence electrons. The average molecular weight is 429 g/mol. The number of ketones is 1. The van der Waals surface area contributed by atoms with Gasteiger partial charge in [-0.3, -0.25) is 4.79 Å². The van der Waals surface area contributed by atoms with Crippen molar-refractivity contribution in [1.82, 2.24) is 24.7 Å². The largest absolute Gasteiger partial charge is 0.382 e. The maximum absolute atomic E-state index is 14.2. The molecule has 0 saturated carbocycles. The predicted molar refractivity (Wildman–Crippen MR) is 119 cm³/mol. The molecule has 2 N–H and O–H groups in total. The number of aliphatic imine (C=N–C) groups is 1. The first-order valence-electron chi connectivity index (χ1n) is 10.3. The van der Waals surface area contributed by atoms with Crippen molar-refractivity contribution in [1.29, 1.82) is 0 Å². The Bertz CT molecular complexity index is 1410. The van der Waals surface area contributed by atoms with Gasteiger partial charge in [0.1, 0.15) is 17.2 Å². The lowest BCUT2D eigenvalue weighted by Crippen LogP contribution is -2.26. The number of anilines is 1. The Hall–Kier alpha value is -4.01. The first kappa shape index (κ1) is 19.9. The Morgan fingerprint density at radius 2 is 1.97 bits per heavy atom. The van der Waals surface area contributed by atoms with Crippen LogP contribution < -0.4 is 5.73 Å². The third-order valence-corrected chi connectivity index (χ3v) is 5.37. The summed E-state index contributed by atoms with van der Waals surface area (Å²) in [7, 11) is 0. The van der Waals surface area contributed by atoms with Crippen LogP contribution in [0.4, 0.5) is 15.9 Å². The lowest BCUT2D eigenvalue weighted by atomic mass is 9.97. The second kappa shape index (κ2) is 7.60. The number of nitrogen functional groups attached to an aromatic ring is 1. The SMILES string of the molecule is CC(C)C1=Nc2c(N)nc(-c3nn(Cc4ccccc4F)c4ncccc34)nc2CC1=O. The molecule has 5 rings (SSSR count). The number of halogens is 1. The van der Waals surface area contributed by atoms with Crippen LogP contribution in [0.2, 0.25) is 0 Å². The van der Waals surface area contributed by atoms with E-state index in [1.165, 1.54) is 6.07 Å². The van der Waals surface area contributed by atoms with E-state index >= 15 is 0 Å². The van der Waals surface area contributed by atoms with E-state index in [9.17, 15) is 9.18 Å². The molecule has 1 aliphatic heterocycles. The maximum Gasteiger partial charge on any atom is 0.183 e. The molecule has 0 fully saturated rings. The van der Waals surface area contributed by atoms with Crippen LogP contribution in [-0.2, 0) is 17.8 Å². The molecule has 4 heterocycles. The second-order valence-electron chi connectivity index (χ2n) is 7.95. The molecule has 0 bridgehead atoms. The first-order valence-corrected chi connectivity index (χ1v) is 10.3. The van der Waals surface area contributed by atoms with Gasteiger partial charge in [0, 0.05) is 11.8 Å². The van der Waals surface area contributed by atoms with Gasteiger partial charge in [0.15, 0.2) is 23.1 Å². The molecule has 0 unspecified atom stereocenters. The Kier molecular flexibility index (Phi) is 4.73. The number of fused-ring (bicyclic) bond motifs is 2. The van der Waals surface area contributed by atoms with E-state index < -0.39 is 0 Å². The summed E-state index contributed by atoms with van der Waals surface area (Å²) in [4.78, 5) is 30.4. The van der Waals surface area contributed by atoms with Crippen LogP contribution >= 0.6 is 0 Å². The van der Waals surface area contributed by atoms with Crippen molar-refractivity contribution in [3.63, 3.8) is 0 Å². The van der Waals surface area contributed by atoms with Gasteiger partial charge in [-0.25, -0.2) is 29.0 Å². The molecule has 8 nitrogen and oxygen atoms in total. The van der Waals surface area contributed by atoms with Gasteiger partial charge in [-0.05, 0) is 24.1 Å². The fourth-order valence-electron chi connectivity index (χ4n) is 3.82. The summed E-state index contributed by atoms with van der Waals surface area (Å²) in [6.45, 7) is 4.02. The van der Waals surface area contributed by atoms with Crippen molar-refractivity contribution >= 4 is 34.0 Å². The van der Waals surface area contributed by atoms with Crippen LogP contribution in [-0.4, -0.2) is 36.2 Å². The Morgan fingerprint density at radius 1 is 1.16 bits per heavy atom. The zero-order valence-corrected chi connectivity index (χ0v) is 17.6. The third-order valence-electron chi connectivity index (χ3n) is 5.37. The molecular formula is C23H20FN7O. The van der Waals surface area contributed by atoms with Gasteiger partial charge in [-0.1, -0.05) is 32.0 Å². The molecule has 0 radical (unpaired) electrons. The van der Waals surface area contributed by atoms with Crippen molar-refractivity contribution in [2.75, 3.05) is 5.73 Å². The summed E-state index contributed by atoms with van der Waals surface area (Å²) < 4.78 is 15.8. The first-order chi connectivity index (χ1) is 15.4. The molecular weight excluding hydrogens is 409 g/mol. The quantitative estimate of drug-likeness (QED) is 0.531. The van der Waals surface area contributed by atoms with Gasteiger partial charge in [-0.2, -0.15) is 5.10 Å². The van der Waals surface area contributed by atoms with E-state index in [-0.39, 0.29) is 42.1 Å². The van der Waals surface area contributed by atoms with Gasteiger partial charge < -0.3 is 5.73 Å². The number of carbonyl (C=O) groups excluding carboxylic acids is 1. The number of Topliss-reactive ketones (excluding diaryl/α,β-unsaturated/α-hetero) is 1. The minimum absolute atomic E-state index is 0.0150. The van der Waals surface area contributed by atoms with Crippen LogP contribution in [0.1, 0.15) is 25.1 Å². The van der Waals surface area contributed by atoms with Crippen LogP contribution in [0, 0.1) is 11.7 Å². The number of hydrogen-bond donors (Lipinski definition) is 1. The highest BCUT2D eigenvalue weighted by Crippen LogP contribution is 2.33. The molecule has 0 amide bonds. The van der Waals surface area contributed by atoms with Gasteiger partial charge in [-0.15, -0.1) is 0 Å². The lowest BCUT2D eigenvalue weighted by molar-refractivity contribution is -0.112. The zero-order valence-electron chi connectivity index (χ0n) is 17.6. The number of nitrogens with two attached hydrogens (primary N) is 1. The fourth-order valence-corrected chi connectivity index (χ4v) is 3.82. The number of hydrogen-bond acceptors (Lipinski definition) is 7. The normalized spacial score (nSPS) is 13.5. The summed E-state index contributed by atoms with van der Waals surface area (Å²) in [6, 6.07) is 10.2. The number of aromatic nitrogens is 5. The predicted octanol–water partition coefficient (Wildman–Crippen LogP) is 3.51. The number of pyridine rings is 1. The summed E-state index contributed by atoms with van der Waals surface area (Å²) in [6.07, 6.45) is 1.76. The molecule has 1 aliphatic rings. The molecule has 0 spiro atoms. The maximum atomic E-state index is 14.2. The van der Waals surface area contributed by atoms with Crippen molar-refractivity contribution in [2.24, 2.45) is 10.9 Å². The fraction of sp³-hybridized carbons (Fsp3) is 0.217. The summed E-state index contributed by atoms with van der Waals surface area (Å²) in [5.41, 5.74) is 9.12. The Labute approximate surface area is 183 Å². The Balaban J connectivity index is 1.64. The van der Waals surface area contributed by atoms with E-state index in [0.717, 1.165) is 0 Å². The van der Waals surface area contributed by atoms with Crippen molar-refractivity contribution < 1.29 is 9.18 Å². The number of benzene rings is 1. The second-order valence-corrected chi connectivity index (χ2v) is 7.95. The van der Waals surface area contributed by atoms with Gasteiger partial charge in [0.25, 0.3) is 0 Å². The van der Waals surface area contributed by atoms with Crippen molar-refractivity contribution in [2.45, 2.75) is 26.8 Å². The van der Waals surface area contributed by atoms with Crippen molar-refractivity contribution in [3.05, 3.63) is 59.7 Å². The minimum atomic E-state index is -0.319. The molecule has 32 heavy (non-hydrogen) atoms. The number of nitrogens with zero attached hydrogens (tertiary/aromatic N) is 6. The summed E-state index contributed by atoms with van der Waals surface area (Å²) in [5, 5.41) is 5.34. The standard InChI is InChI=1S/C23H20FN7O/c1-12(2)18-17(32)10-16-20(28-18)21(25)29-22(27-16)19-14-7-5-9-26-23(14)31(30-19)11-13-6-3-4-8-15(13)24/h3-9,12H,10-11H2,1-2H3,(H2,25,27,29). The van der Waals surface area contributed by atoms with Crippen LogP contribution in [0.25, 0.3) is 22.6 Å². The molecule has 9 heteroatoms. The number of carbonyl (C=O) groups is 1. The van der Waals surface area contributed by atoms with E-state index in [1.54, 1.807) is 35.1 Å². The molecule has 1 aromatic carbocycles. The molecule has 3 aromatic heterocycles. The van der Waals surface area contributed by atoms with Gasteiger partial charge in [0.05, 0.1) is 29.8 Å². The van der Waals surface area contributed by atoms with Gasteiger partial charge >= 0.3 is 0 Å². The molecule has 0 aliphatic carbocycles. The smallest absolute Gasteiger partial charge is 0.183 e. The average Bonchev–Trinajstić information content (AvgIpc) is 3.13. The van der Waals surface area contributed by atoms with Crippen LogP contribution in [0.3, 0.4) is 0 Å². The molecule has 0 saturated heterocycles. The van der Waals surface area contributed by atoms with E-state index in [0.29, 0.717) is 39.4 Å². The van der Waals surface area contributed by atoms with E-state index in [4.69, 9.17) is 5.73 Å². The lowest BCUT2D eigenvalue weighted by Gasteiger charge is -2.17. The summed E-state index contributed by atoms with van der Waals surface area (Å²) in [5.74, 6) is 0.0612. The van der Waals surface area contributed by atoms with E-state index in [1.807, 2.05) is 19.9 Å². The van der Waals surface area contributed by atoms with Crippen molar-refractivity contribution in [3.8, 4) is 11.5 Å². The van der Waals surface area contributed by atoms with E-state index in [2.05, 4.69) is 25.0 Å². The highest BCUT2D eigenvalue weighted by atomic mass is 19.1.